The van der Waals surface area contributed by atoms with E-state index in [9.17, 15) is 4.79 Å². The second kappa shape index (κ2) is 6.98. The summed E-state index contributed by atoms with van der Waals surface area (Å²) in [5, 5.41) is 6.83. The summed E-state index contributed by atoms with van der Waals surface area (Å²) in [6, 6.07) is 2.27. The first-order chi connectivity index (χ1) is 9.95. The summed E-state index contributed by atoms with van der Waals surface area (Å²) in [4.78, 5) is 15.9. The van der Waals surface area contributed by atoms with Gasteiger partial charge in [0.15, 0.2) is 0 Å². The van der Waals surface area contributed by atoms with Gasteiger partial charge >= 0.3 is 0 Å². The summed E-state index contributed by atoms with van der Waals surface area (Å²) < 4.78 is 0. The van der Waals surface area contributed by atoms with E-state index in [2.05, 4.69) is 15.6 Å². The normalized spacial score (nSPS) is 22.1. The minimum atomic E-state index is 0.129. The molecule has 0 radical (unpaired) electrons. The Kier molecular flexibility index (Phi) is 5.28. The zero-order valence-electron chi connectivity index (χ0n) is 12.5. The van der Waals surface area contributed by atoms with Gasteiger partial charge in [-0.05, 0) is 39.5 Å². The number of hydrogen-bond acceptors (Lipinski definition) is 4. The Hall–Kier alpha value is -1.49. The molecule has 1 heterocycles. The molecule has 0 atom stereocenters. The molecule has 1 fully saturated rings. The van der Waals surface area contributed by atoms with Gasteiger partial charge in [-0.15, -0.1) is 0 Å². The highest BCUT2D eigenvalue weighted by atomic mass is 35.5. The third kappa shape index (κ3) is 4.49. The average molecular weight is 311 g/mol. The number of pyridine rings is 1. The Bertz CT molecular complexity index is 498. The fourth-order valence-corrected chi connectivity index (χ4v) is 2.85. The maximum atomic E-state index is 12.0. The van der Waals surface area contributed by atoms with Crippen molar-refractivity contribution in [2.24, 2.45) is 5.92 Å². The van der Waals surface area contributed by atoms with E-state index in [0.717, 1.165) is 31.4 Å². The zero-order chi connectivity index (χ0) is 15.4. The van der Waals surface area contributed by atoms with Gasteiger partial charge in [-0.25, -0.2) is 4.98 Å². The van der Waals surface area contributed by atoms with Crippen LogP contribution < -0.4 is 16.4 Å². The molecule has 0 saturated heterocycles. The van der Waals surface area contributed by atoms with Gasteiger partial charge in [0.05, 0.1) is 17.6 Å². The quantitative estimate of drug-likeness (QED) is 0.747. The van der Waals surface area contributed by atoms with Gasteiger partial charge < -0.3 is 16.4 Å². The molecule has 116 valence electrons. The third-order valence-electron chi connectivity index (χ3n) is 3.79. The molecule has 0 aromatic carbocycles. The second-order valence-corrected chi connectivity index (χ2v) is 6.34. The summed E-state index contributed by atoms with van der Waals surface area (Å²) in [7, 11) is 0. The maximum Gasteiger partial charge on any atom is 0.223 e. The SMILES string of the molecule is CC(C)NC(=O)C1CCC(Nc2cc(Cl)ncc2N)CC1. The number of halogens is 1. The third-order valence-corrected chi connectivity index (χ3v) is 4.00. The fraction of sp³-hybridized carbons (Fsp3) is 0.600. The Morgan fingerprint density at radius 3 is 2.67 bits per heavy atom. The lowest BCUT2D eigenvalue weighted by Gasteiger charge is -2.29. The van der Waals surface area contributed by atoms with Crippen LogP contribution in [0.3, 0.4) is 0 Å². The fourth-order valence-electron chi connectivity index (χ4n) is 2.69. The van der Waals surface area contributed by atoms with Crippen molar-refractivity contribution >= 4 is 28.9 Å². The van der Waals surface area contributed by atoms with Gasteiger partial charge in [-0.3, -0.25) is 4.79 Å². The van der Waals surface area contributed by atoms with Crippen LogP contribution in [-0.2, 0) is 4.79 Å². The number of carbonyl (C=O) groups excluding carboxylic acids is 1. The predicted octanol–water partition coefficient (Wildman–Crippen LogP) is 2.81. The number of nitrogens with two attached hydrogens (primary N) is 1. The minimum absolute atomic E-state index is 0.129. The van der Waals surface area contributed by atoms with Gasteiger partial charge in [-0.1, -0.05) is 11.6 Å². The standard InChI is InChI=1S/C15H23ClN4O/c1-9(2)19-15(21)10-3-5-11(6-4-10)20-13-7-14(16)18-8-12(13)17/h7-11H,3-6,17H2,1-2H3,(H,18,20)(H,19,21). The number of nitrogens with zero attached hydrogens (tertiary/aromatic N) is 1. The maximum absolute atomic E-state index is 12.0. The molecular formula is C15H23ClN4O. The van der Waals surface area contributed by atoms with Crippen molar-refractivity contribution in [2.75, 3.05) is 11.1 Å². The van der Waals surface area contributed by atoms with E-state index >= 15 is 0 Å². The van der Waals surface area contributed by atoms with Crippen LogP contribution in [0.2, 0.25) is 5.15 Å². The smallest absolute Gasteiger partial charge is 0.223 e. The van der Waals surface area contributed by atoms with Crippen LogP contribution in [0.15, 0.2) is 12.3 Å². The summed E-state index contributed by atoms with van der Waals surface area (Å²) in [6.07, 6.45) is 5.27. The highest BCUT2D eigenvalue weighted by Crippen LogP contribution is 2.29. The van der Waals surface area contributed by atoms with Crippen molar-refractivity contribution in [1.82, 2.24) is 10.3 Å². The van der Waals surface area contributed by atoms with E-state index in [4.69, 9.17) is 17.3 Å². The predicted molar refractivity (Wildman–Crippen MR) is 86.3 cm³/mol. The van der Waals surface area contributed by atoms with Gasteiger partial charge in [0.25, 0.3) is 0 Å². The summed E-state index contributed by atoms with van der Waals surface area (Å²) in [5.74, 6) is 0.304. The lowest BCUT2D eigenvalue weighted by molar-refractivity contribution is -0.126. The van der Waals surface area contributed by atoms with Crippen molar-refractivity contribution in [2.45, 2.75) is 51.6 Å². The Morgan fingerprint density at radius 1 is 1.38 bits per heavy atom. The molecule has 5 nitrogen and oxygen atoms in total. The van der Waals surface area contributed by atoms with Gasteiger partial charge in [0.1, 0.15) is 5.15 Å². The van der Waals surface area contributed by atoms with Crippen LogP contribution in [0.4, 0.5) is 11.4 Å². The number of hydrogen-bond donors (Lipinski definition) is 3. The second-order valence-electron chi connectivity index (χ2n) is 5.95. The molecule has 0 unspecified atom stereocenters. The van der Waals surface area contributed by atoms with Crippen molar-refractivity contribution in [3.05, 3.63) is 17.4 Å². The van der Waals surface area contributed by atoms with Crippen molar-refractivity contribution in [1.29, 1.82) is 0 Å². The van der Waals surface area contributed by atoms with Crippen LogP contribution in [0.25, 0.3) is 0 Å². The monoisotopic (exact) mass is 310 g/mol. The summed E-state index contributed by atoms with van der Waals surface area (Å²) in [6.45, 7) is 3.97. The van der Waals surface area contributed by atoms with Gasteiger partial charge in [0, 0.05) is 24.1 Å². The molecule has 21 heavy (non-hydrogen) atoms. The first-order valence-electron chi connectivity index (χ1n) is 7.43. The molecular weight excluding hydrogens is 288 g/mol. The molecule has 6 heteroatoms. The van der Waals surface area contributed by atoms with Crippen LogP contribution in [0.5, 0.6) is 0 Å². The van der Waals surface area contributed by atoms with E-state index in [1.807, 2.05) is 13.8 Å². The number of carbonyl (C=O) groups is 1. The lowest BCUT2D eigenvalue weighted by Crippen LogP contribution is -2.38. The number of amides is 1. The van der Waals surface area contributed by atoms with Crippen LogP contribution >= 0.6 is 11.6 Å². The highest BCUT2D eigenvalue weighted by Gasteiger charge is 2.26. The molecule has 4 N–H and O–H groups in total. The highest BCUT2D eigenvalue weighted by molar-refractivity contribution is 6.29. The molecule has 0 bridgehead atoms. The van der Waals surface area contributed by atoms with E-state index in [1.165, 1.54) is 0 Å². The molecule has 0 aliphatic heterocycles. The number of aromatic nitrogens is 1. The molecule has 2 rings (SSSR count). The molecule has 1 amide bonds. The van der Waals surface area contributed by atoms with Crippen LogP contribution in [0, 0.1) is 5.92 Å². The van der Waals surface area contributed by atoms with Gasteiger partial charge in [0.2, 0.25) is 5.91 Å². The number of rotatable bonds is 4. The molecule has 1 saturated carbocycles. The van der Waals surface area contributed by atoms with Gasteiger partial charge in [-0.2, -0.15) is 0 Å². The lowest BCUT2D eigenvalue weighted by atomic mass is 9.85. The van der Waals surface area contributed by atoms with Crippen LogP contribution in [-0.4, -0.2) is 23.0 Å². The summed E-state index contributed by atoms with van der Waals surface area (Å²) in [5.41, 5.74) is 7.31. The van der Waals surface area contributed by atoms with Crippen LogP contribution in [0.1, 0.15) is 39.5 Å². The Morgan fingerprint density at radius 2 is 2.05 bits per heavy atom. The molecule has 0 spiro atoms. The minimum Gasteiger partial charge on any atom is -0.396 e. The van der Waals surface area contributed by atoms with E-state index in [-0.39, 0.29) is 17.9 Å². The van der Waals surface area contributed by atoms with E-state index in [1.54, 1.807) is 12.3 Å². The molecule has 1 aromatic rings. The number of nitrogen functional groups attached to an aromatic ring is 1. The van der Waals surface area contributed by atoms with Crippen molar-refractivity contribution < 1.29 is 4.79 Å². The summed E-state index contributed by atoms with van der Waals surface area (Å²) >= 11 is 5.89. The van der Waals surface area contributed by atoms with E-state index in [0.29, 0.717) is 16.9 Å². The number of anilines is 2. The van der Waals surface area contributed by atoms with E-state index < -0.39 is 0 Å². The van der Waals surface area contributed by atoms with Crippen molar-refractivity contribution in [3.63, 3.8) is 0 Å². The van der Waals surface area contributed by atoms with Crippen molar-refractivity contribution in [3.8, 4) is 0 Å². The Labute approximate surface area is 130 Å². The average Bonchev–Trinajstić information content (AvgIpc) is 2.43. The topological polar surface area (TPSA) is 80.0 Å². The molecule has 1 aliphatic carbocycles. The molecule has 1 aliphatic rings. The zero-order valence-corrected chi connectivity index (χ0v) is 13.3. The largest absolute Gasteiger partial charge is 0.396 e. The molecule has 1 aromatic heterocycles. The first kappa shape index (κ1) is 15.9. The number of nitrogens with one attached hydrogen (secondary N) is 2. The first-order valence-corrected chi connectivity index (χ1v) is 7.81. The Balaban J connectivity index is 1.87.